The second kappa shape index (κ2) is 11.8. The van der Waals surface area contributed by atoms with E-state index < -0.39 is 18.1 Å². The Balaban J connectivity index is 1.72. The number of halogens is 1. The highest BCUT2D eigenvalue weighted by atomic mass is 19.1. The van der Waals surface area contributed by atoms with Gasteiger partial charge in [-0.1, -0.05) is 48.5 Å². The molecule has 0 fully saturated rings. The highest BCUT2D eigenvalue weighted by Crippen LogP contribution is 2.38. The lowest BCUT2D eigenvalue weighted by molar-refractivity contribution is -0.140. The van der Waals surface area contributed by atoms with E-state index in [-0.39, 0.29) is 18.2 Å². The molecule has 0 saturated carbocycles. The van der Waals surface area contributed by atoms with Crippen LogP contribution < -0.4 is 0 Å². The van der Waals surface area contributed by atoms with Gasteiger partial charge in [-0.15, -0.1) is 0 Å². The van der Waals surface area contributed by atoms with Crippen LogP contribution in [0.5, 0.6) is 0 Å². The van der Waals surface area contributed by atoms with Gasteiger partial charge in [-0.05, 0) is 48.7 Å². The van der Waals surface area contributed by atoms with Crippen molar-refractivity contribution < 1.29 is 28.2 Å². The Kier molecular flexibility index (Phi) is 8.36. The summed E-state index contributed by atoms with van der Waals surface area (Å²) in [6, 6.07) is 19.0. The molecule has 36 heavy (non-hydrogen) atoms. The summed E-state index contributed by atoms with van der Waals surface area (Å²) in [7, 11) is 0. The number of ether oxygens (including phenoxy) is 3. The number of benzene rings is 3. The number of hydrogen-bond acceptors (Lipinski definition) is 6. The summed E-state index contributed by atoms with van der Waals surface area (Å²) in [5, 5.41) is 0. The fourth-order valence-corrected chi connectivity index (χ4v) is 4.44. The molecule has 0 N–H and O–H groups in total. The minimum atomic E-state index is -0.632. The monoisotopic (exact) mass is 489 g/mol. The van der Waals surface area contributed by atoms with E-state index in [1.54, 1.807) is 24.4 Å². The first-order chi connectivity index (χ1) is 17.6. The Hall–Kier alpha value is -3.68. The van der Waals surface area contributed by atoms with Gasteiger partial charge >= 0.3 is 0 Å². The minimum Gasteiger partial charge on any atom is -0.467 e. The van der Waals surface area contributed by atoms with Gasteiger partial charge in [0.05, 0.1) is 11.6 Å². The lowest BCUT2D eigenvalue weighted by atomic mass is 9.81. The zero-order valence-corrected chi connectivity index (χ0v) is 20.2. The average Bonchev–Trinajstić information content (AvgIpc) is 2.90. The van der Waals surface area contributed by atoms with E-state index in [0.717, 1.165) is 11.1 Å². The molecule has 2 unspecified atom stereocenters. The number of aliphatic imine (C=N–C) groups is 1. The molecule has 3 aromatic rings. The SMILES string of the molecule is CCOC(OCC)c1ccc(C(COC=O)c2cccc3c2C(=O)C(c2ccc(F)cc2)C=N3)cc1. The van der Waals surface area contributed by atoms with Crippen LogP contribution in [-0.4, -0.2) is 38.3 Å². The third-order valence-electron chi connectivity index (χ3n) is 6.15. The first kappa shape index (κ1) is 25.4. The van der Waals surface area contributed by atoms with E-state index in [4.69, 9.17) is 14.2 Å². The molecule has 6 nitrogen and oxygen atoms in total. The summed E-state index contributed by atoms with van der Waals surface area (Å²) in [6.07, 6.45) is 1.12. The van der Waals surface area contributed by atoms with E-state index in [1.165, 1.54) is 12.1 Å². The number of rotatable bonds is 11. The third-order valence-corrected chi connectivity index (χ3v) is 6.15. The van der Waals surface area contributed by atoms with Gasteiger partial charge in [0, 0.05) is 36.5 Å². The predicted molar refractivity (Wildman–Crippen MR) is 134 cm³/mol. The van der Waals surface area contributed by atoms with Crippen LogP contribution >= 0.6 is 0 Å². The molecule has 1 aliphatic rings. The van der Waals surface area contributed by atoms with Gasteiger partial charge in [0.15, 0.2) is 12.1 Å². The van der Waals surface area contributed by atoms with Gasteiger partial charge in [0.2, 0.25) is 0 Å². The van der Waals surface area contributed by atoms with Crippen LogP contribution in [0.1, 0.15) is 64.6 Å². The summed E-state index contributed by atoms with van der Waals surface area (Å²) in [5.41, 5.74) is 4.12. The standard InChI is InChI=1S/C29H28FNO5/c1-3-35-29(36-4-2)21-10-8-20(9-11-21)25(17-34-18-32)23-6-5-7-26-27(23)28(33)24(16-31-26)19-12-14-22(30)15-13-19/h5-16,18,24-25,29H,3-4,17H2,1-2H3. The molecule has 7 heteroatoms. The lowest BCUT2D eigenvalue weighted by Gasteiger charge is -2.25. The Bertz CT molecular complexity index is 1220. The van der Waals surface area contributed by atoms with Crippen molar-refractivity contribution in [3.63, 3.8) is 0 Å². The van der Waals surface area contributed by atoms with Gasteiger partial charge in [0.25, 0.3) is 6.47 Å². The lowest BCUT2D eigenvalue weighted by Crippen LogP contribution is -2.22. The number of ketones is 1. The first-order valence-electron chi connectivity index (χ1n) is 11.9. The van der Waals surface area contributed by atoms with Crippen LogP contribution in [0.4, 0.5) is 10.1 Å². The maximum Gasteiger partial charge on any atom is 0.293 e. The quantitative estimate of drug-likeness (QED) is 0.248. The fraction of sp³-hybridized carbons (Fsp3) is 0.276. The number of carbonyl (C=O) groups excluding carboxylic acids is 2. The van der Waals surface area contributed by atoms with Gasteiger partial charge in [-0.3, -0.25) is 14.6 Å². The smallest absolute Gasteiger partial charge is 0.293 e. The number of fused-ring (bicyclic) bond motifs is 1. The third kappa shape index (κ3) is 5.42. The minimum absolute atomic E-state index is 0.0534. The summed E-state index contributed by atoms with van der Waals surface area (Å²) in [5.74, 6) is -1.54. The molecule has 0 radical (unpaired) electrons. The van der Waals surface area contributed by atoms with Crippen molar-refractivity contribution in [2.24, 2.45) is 4.99 Å². The molecule has 1 heterocycles. The molecule has 1 aliphatic heterocycles. The average molecular weight is 490 g/mol. The number of nitrogens with zero attached hydrogens (tertiary/aromatic N) is 1. The molecule has 0 aromatic heterocycles. The molecule has 0 spiro atoms. The van der Waals surface area contributed by atoms with Gasteiger partial charge in [-0.25, -0.2) is 4.39 Å². The molecule has 2 atom stereocenters. The van der Waals surface area contributed by atoms with E-state index >= 15 is 0 Å². The van der Waals surface area contributed by atoms with Crippen LogP contribution in [0.25, 0.3) is 0 Å². The van der Waals surface area contributed by atoms with Crippen molar-refractivity contribution in [3.8, 4) is 0 Å². The van der Waals surface area contributed by atoms with Crippen LogP contribution in [0, 0.1) is 5.82 Å². The van der Waals surface area contributed by atoms with Crippen LogP contribution in [0.3, 0.4) is 0 Å². The van der Waals surface area contributed by atoms with Crippen molar-refractivity contribution in [2.75, 3.05) is 19.8 Å². The summed E-state index contributed by atoms with van der Waals surface area (Å²) < 4.78 is 30.0. The van der Waals surface area contributed by atoms with Crippen molar-refractivity contribution >= 4 is 24.2 Å². The van der Waals surface area contributed by atoms with Crippen molar-refractivity contribution in [3.05, 3.63) is 100 Å². The highest BCUT2D eigenvalue weighted by Gasteiger charge is 2.31. The van der Waals surface area contributed by atoms with Crippen LogP contribution in [0.15, 0.2) is 71.7 Å². The molecule has 186 valence electrons. The first-order valence-corrected chi connectivity index (χ1v) is 11.9. The molecule has 0 amide bonds. The fourth-order valence-electron chi connectivity index (χ4n) is 4.44. The van der Waals surface area contributed by atoms with E-state index in [2.05, 4.69) is 4.99 Å². The van der Waals surface area contributed by atoms with Crippen molar-refractivity contribution in [1.29, 1.82) is 0 Å². The molecular weight excluding hydrogens is 461 g/mol. The Labute approximate surface area is 209 Å². The molecule has 0 bridgehead atoms. The molecule has 0 saturated heterocycles. The second-order valence-electron chi connectivity index (χ2n) is 8.30. The van der Waals surface area contributed by atoms with Gasteiger partial charge < -0.3 is 14.2 Å². The second-order valence-corrected chi connectivity index (χ2v) is 8.30. The van der Waals surface area contributed by atoms with E-state index in [9.17, 15) is 14.0 Å². The Morgan fingerprint density at radius 2 is 1.61 bits per heavy atom. The van der Waals surface area contributed by atoms with E-state index in [0.29, 0.717) is 42.1 Å². The van der Waals surface area contributed by atoms with Gasteiger partial charge in [-0.2, -0.15) is 0 Å². The molecular formula is C29H28FNO5. The number of carbonyl (C=O) groups is 2. The number of Topliss-reactive ketones (excluding diaryl/α,β-unsaturated/α-hetero) is 1. The molecule has 3 aromatic carbocycles. The summed E-state index contributed by atoms with van der Waals surface area (Å²) in [6.45, 7) is 5.29. The largest absolute Gasteiger partial charge is 0.467 e. The molecule has 0 aliphatic carbocycles. The zero-order chi connectivity index (χ0) is 25.5. The summed E-state index contributed by atoms with van der Waals surface area (Å²) in [4.78, 5) is 29.3. The Morgan fingerprint density at radius 1 is 0.944 bits per heavy atom. The normalized spacial score (nSPS) is 15.6. The van der Waals surface area contributed by atoms with Crippen molar-refractivity contribution in [1.82, 2.24) is 0 Å². The number of hydrogen-bond donors (Lipinski definition) is 0. The van der Waals surface area contributed by atoms with Crippen LogP contribution in [-0.2, 0) is 19.0 Å². The van der Waals surface area contributed by atoms with Crippen LogP contribution in [0.2, 0.25) is 0 Å². The summed E-state index contributed by atoms with van der Waals surface area (Å²) >= 11 is 0. The topological polar surface area (TPSA) is 74.2 Å². The van der Waals surface area contributed by atoms with Gasteiger partial charge in [0.1, 0.15) is 12.4 Å². The predicted octanol–water partition coefficient (Wildman–Crippen LogP) is 5.88. The zero-order valence-electron chi connectivity index (χ0n) is 20.2. The highest BCUT2D eigenvalue weighted by molar-refractivity contribution is 6.16. The van der Waals surface area contributed by atoms with E-state index in [1.807, 2.05) is 50.2 Å². The maximum absolute atomic E-state index is 13.7. The Morgan fingerprint density at radius 3 is 2.25 bits per heavy atom. The molecule has 4 rings (SSSR count). The maximum atomic E-state index is 13.7. The van der Waals surface area contributed by atoms with Crippen molar-refractivity contribution in [2.45, 2.75) is 32.0 Å².